The summed E-state index contributed by atoms with van der Waals surface area (Å²) in [5.41, 5.74) is 1.14. The van der Waals surface area contributed by atoms with Crippen molar-refractivity contribution < 1.29 is 14.3 Å². The summed E-state index contributed by atoms with van der Waals surface area (Å²) in [7, 11) is 3.65. The predicted octanol–water partition coefficient (Wildman–Crippen LogP) is 2.74. The molecule has 0 aliphatic rings. The molecule has 0 saturated carbocycles. The number of carbonyl (C=O) groups is 2. The van der Waals surface area contributed by atoms with E-state index < -0.39 is 11.7 Å². The van der Waals surface area contributed by atoms with E-state index in [1.54, 1.807) is 19.2 Å². The average Bonchev–Trinajstić information content (AvgIpc) is 2.52. The van der Waals surface area contributed by atoms with Gasteiger partial charge in [0.05, 0.1) is 0 Å². The molecule has 0 atom stereocenters. The summed E-state index contributed by atoms with van der Waals surface area (Å²) in [6.07, 6.45) is -0.399. The van der Waals surface area contributed by atoms with E-state index in [-0.39, 0.29) is 5.91 Å². The van der Waals surface area contributed by atoms with Gasteiger partial charge >= 0.3 is 6.09 Å². The van der Waals surface area contributed by atoms with Gasteiger partial charge in [-0.2, -0.15) is 0 Å². The van der Waals surface area contributed by atoms with Crippen LogP contribution in [-0.2, 0) is 4.74 Å². The molecule has 134 valence electrons. The first-order valence-corrected chi connectivity index (χ1v) is 8.17. The highest BCUT2D eigenvalue weighted by Crippen LogP contribution is 2.13. The van der Waals surface area contributed by atoms with Crippen molar-refractivity contribution >= 4 is 17.7 Å². The van der Waals surface area contributed by atoms with Crippen LogP contribution in [0.2, 0.25) is 0 Å². The van der Waals surface area contributed by atoms with E-state index in [0.717, 1.165) is 12.2 Å². The monoisotopic (exact) mass is 335 g/mol. The van der Waals surface area contributed by atoms with Crippen LogP contribution < -0.4 is 10.2 Å². The summed E-state index contributed by atoms with van der Waals surface area (Å²) in [4.78, 5) is 27.5. The zero-order valence-electron chi connectivity index (χ0n) is 15.5. The smallest absolute Gasteiger partial charge is 0.410 e. The molecule has 6 nitrogen and oxygen atoms in total. The number of benzene rings is 1. The number of nitrogens with zero attached hydrogens (tertiary/aromatic N) is 2. The molecule has 0 aliphatic heterocycles. The van der Waals surface area contributed by atoms with Crippen molar-refractivity contribution in [2.45, 2.75) is 33.3 Å². The fourth-order valence-corrected chi connectivity index (χ4v) is 1.92. The summed E-state index contributed by atoms with van der Waals surface area (Å²) in [5.74, 6) is -0.154. The Labute approximate surface area is 144 Å². The number of ether oxygens (including phenoxy) is 1. The van der Waals surface area contributed by atoms with Crippen molar-refractivity contribution in [1.29, 1.82) is 0 Å². The lowest BCUT2D eigenvalue weighted by molar-refractivity contribution is 0.0299. The average molecular weight is 335 g/mol. The van der Waals surface area contributed by atoms with Crippen molar-refractivity contribution in [3.63, 3.8) is 0 Å². The first kappa shape index (κ1) is 19.8. The third-order valence-electron chi connectivity index (χ3n) is 3.48. The van der Waals surface area contributed by atoms with Crippen LogP contribution in [0.25, 0.3) is 0 Å². The molecule has 0 saturated heterocycles. The molecule has 0 aromatic heterocycles. The summed E-state index contributed by atoms with van der Waals surface area (Å²) in [6, 6.07) is 7.44. The lowest BCUT2D eigenvalue weighted by Crippen LogP contribution is -2.39. The molecule has 0 aliphatic carbocycles. The Hall–Kier alpha value is -2.24. The minimum atomic E-state index is -0.526. The molecule has 1 aromatic rings. The summed E-state index contributed by atoms with van der Waals surface area (Å²) in [5, 5.41) is 2.81. The van der Waals surface area contributed by atoms with Gasteiger partial charge < -0.3 is 19.9 Å². The van der Waals surface area contributed by atoms with E-state index >= 15 is 0 Å². The van der Waals surface area contributed by atoms with Gasteiger partial charge in [0.1, 0.15) is 5.60 Å². The normalized spacial score (nSPS) is 10.9. The van der Waals surface area contributed by atoms with Gasteiger partial charge in [-0.1, -0.05) is 0 Å². The maximum absolute atomic E-state index is 12.1. The largest absolute Gasteiger partial charge is 0.444 e. The molecule has 0 bridgehead atoms. The molecule has 1 rings (SSSR count). The molecule has 24 heavy (non-hydrogen) atoms. The van der Waals surface area contributed by atoms with E-state index in [1.165, 1.54) is 4.90 Å². The Morgan fingerprint density at radius 1 is 1.12 bits per heavy atom. The van der Waals surface area contributed by atoms with Crippen LogP contribution in [-0.4, -0.2) is 56.2 Å². The van der Waals surface area contributed by atoms with Crippen molar-refractivity contribution in [1.82, 2.24) is 10.2 Å². The summed E-state index contributed by atoms with van der Waals surface area (Å²) in [6.45, 7) is 9.19. The Kier molecular flexibility index (Phi) is 7.07. The number of nitrogens with one attached hydrogen (secondary N) is 1. The highest BCUT2D eigenvalue weighted by molar-refractivity contribution is 5.94. The Balaban J connectivity index is 2.45. The van der Waals surface area contributed by atoms with Crippen molar-refractivity contribution in [3.05, 3.63) is 29.8 Å². The van der Waals surface area contributed by atoms with Crippen LogP contribution in [0, 0.1) is 0 Å². The number of likely N-dealkylation sites (N-methyl/N-ethyl adjacent to an activating group) is 1. The molecule has 0 heterocycles. The number of rotatable bonds is 6. The SMILES string of the molecule is CCN(C)c1ccc(C(=O)NCCN(C)C(=O)OC(C)(C)C)cc1. The standard InChI is InChI=1S/C18H29N3O3/c1-7-20(5)15-10-8-14(9-11-15)16(22)19-12-13-21(6)17(23)24-18(2,3)4/h8-11H,7,12-13H2,1-6H3,(H,19,22). The fraction of sp³-hybridized carbons (Fsp3) is 0.556. The number of carbonyl (C=O) groups excluding carboxylic acids is 2. The van der Waals surface area contributed by atoms with E-state index in [4.69, 9.17) is 4.74 Å². The predicted molar refractivity (Wildman–Crippen MR) is 96.6 cm³/mol. The van der Waals surface area contributed by atoms with Crippen LogP contribution in [0.15, 0.2) is 24.3 Å². The van der Waals surface area contributed by atoms with E-state index in [2.05, 4.69) is 17.1 Å². The van der Waals surface area contributed by atoms with Crippen molar-refractivity contribution in [2.24, 2.45) is 0 Å². The van der Waals surface area contributed by atoms with Gasteiger partial charge in [-0.25, -0.2) is 4.79 Å². The molecule has 0 fully saturated rings. The fourth-order valence-electron chi connectivity index (χ4n) is 1.92. The first-order chi connectivity index (χ1) is 11.1. The third-order valence-corrected chi connectivity index (χ3v) is 3.48. The number of amides is 2. The third kappa shape index (κ3) is 6.48. The van der Waals surface area contributed by atoms with Crippen LogP contribution >= 0.6 is 0 Å². The minimum absolute atomic E-state index is 0.154. The van der Waals surface area contributed by atoms with E-state index in [9.17, 15) is 9.59 Å². The zero-order valence-corrected chi connectivity index (χ0v) is 15.5. The van der Waals surface area contributed by atoms with Gasteiger partial charge in [-0.3, -0.25) is 4.79 Å². The molecule has 1 N–H and O–H groups in total. The summed E-state index contributed by atoms with van der Waals surface area (Å²) >= 11 is 0. The molecule has 2 amide bonds. The Morgan fingerprint density at radius 2 is 1.71 bits per heavy atom. The molecule has 0 unspecified atom stereocenters. The van der Waals surface area contributed by atoms with E-state index in [1.807, 2.05) is 40.0 Å². The number of hydrogen-bond acceptors (Lipinski definition) is 4. The molecule has 0 radical (unpaired) electrons. The lowest BCUT2D eigenvalue weighted by atomic mass is 10.2. The molecular formula is C18H29N3O3. The van der Waals surface area contributed by atoms with Crippen LogP contribution in [0.3, 0.4) is 0 Å². The van der Waals surface area contributed by atoms with Crippen molar-refractivity contribution in [2.75, 3.05) is 38.6 Å². The van der Waals surface area contributed by atoms with Gasteiger partial charge in [0, 0.05) is 45.0 Å². The minimum Gasteiger partial charge on any atom is -0.444 e. The first-order valence-electron chi connectivity index (χ1n) is 8.17. The van der Waals surface area contributed by atoms with Crippen LogP contribution in [0.5, 0.6) is 0 Å². The Morgan fingerprint density at radius 3 is 2.21 bits per heavy atom. The van der Waals surface area contributed by atoms with Crippen molar-refractivity contribution in [3.8, 4) is 0 Å². The molecule has 0 spiro atoms. The van der Waals surface area contributed by atoms with Gasteiger partial charge in [0.2, 0.25) is 0 Å². The maximum atomic E-state index is 12.1. The van der Waals surface area contributed by atoms with Gasteiger partial charge in [-0.15, -0.1) is 0 Å². The van der Waals surface area contributed by atoms with Gasteiger partial charge in [0.25, 0.3) is 5.91 Å². The maximum Gasteiger partial charge on any atom is 0.410 e. The quantitative estimate of drug-likeness (QED) is 0.868. The molecular weight excluding hydrogens is 306 g/mol. The van der Waals surface area contributed by atoms with Gasteiger partial charge in [-0.05, 0) is 52.0 Å². The summed E-state index contributed by atoms with van der Waals surface area (Å²) < 4.78 is 5.26. The highest BCUT2D eigenvalue weighted by Gasteiger charge is 2.19. The Bertz CT molecular complexity index is 550. The highest BCUT2D eigenvalue weighted by atomic mass is 16.6. The second-order valence-corrected chi connectivity index (χ2v) is 6.72. The van der Waals surface area contributed by atoms with Crippen LogP contribution in [0.1, 0.15) is 38.1 Å². The molecule has 6 heteroatoms. The zero-order chi connectivity index (χ0) is 18.3. The topological polar surface area (TPSA) is 61.9 Å². The number of hydrogen-bond donors (Lipinski definition) is 1. The van der Waals surface area contributed by atoms with Gasteiger partial charge in [0.15, 0.2) is 0 Å². The second-order valence-electron chi connectivity index (χ2n) is 6.72. The second kappa shape index (κ2) is 8.57. The number of anilines is 1. The lowest BCUT2D eigenvalue weighted by Gasteiger charge is -2.24. The molecule has 1 aromatic carbocycles. The van der Waals surface area contributed by atoms with E-state index in [0.29, 0.717) is 18.7 Å². The van der Waals surface area contributed by atoms with Crippen LogP contribution in [0.4, 0.5) is 10.5 Å².